The van der Waals surface area contributed by atoms with Crippen LogP contribution in [0, 0.1) is 11.6 Å². The number of hydrogen-bond donors (Lipinski definition) is 1. The zero-order valence-electron chi connectivity index (χ0n) is 9.73. The molecule has 18 heavy (non-hydrogen) atoms. The molecule has 0 radical (unpaired) electrons. The normalized spacial score (nSPS) is 18.6. The third-order valence-corrected chi connectivity index (χ3v) is 3.07. The SMILES string of the molecule is Cl.NCC1CCCN1C(=O)c1cc(F)ccc1F. The molecule has 1 unspecified atom stereocenters. The van der Waals surface area contributed by atoms with Crippen LogP contribution in [0.3, 0.4) is 0 Å². The average molecular weight is 277 g/mol. The monoisotopic (exact) mass is 276 g/mol. The van der Waals surface area contributed by atoms with Crippen LogP contribution < -0.4 is 5.73 Å². The number of hydrogen-bond acceptors (Lipinski definition) is 2. The maximum atomic E-state index is 13.5. The number of rotatable bonds is 2. The summed E-state index contributed by atoms with van der Waals surface area (Å²) in [5.41, 5.74) is 5.33. The highest BCUT2D eigenvalue weighted by molar-refractivity contribution is 5.94. The molecular formula is C12H15ClF2N2O. The molecule has 1 amide bonds. The van der Waals surface area contributed by atoms with E-state index in [1.54, 1.807) is 0 Å². The molecule has 0 saturated carbocycles. The summed E-state index contributed by atoms with van der Waals surface area (Å²) in [6.07, 6.45) is 1.67. The van der Waals surface area contributed by atoms with E-state index in [2.05, 4.69) is 0 Å². The molecular weight excluding hydrogens is 262 g/mol. The van der Waals surface area contributed by atoms with E-state index in [1.807, 2.05) is 0 Å². The molecule has 1 saturated heterocycles. The molecule has 2 N–H and O–H groups in total. The second kappa shape index (κ2) is 6.11. The lowest BCUT2D eigenvalue weighted by molar-refractivity contribution is 0.0736. The second-order valence-corrected chi connectivity index (χ2v) is 4.15. The summed E-state index contributed by atoms with van der Waals surface area (Å²) in [7, 11) is 0. The minimum absolute atomic E-state index is 0. The molecule has 0 bridgehead atoms. The van der Waals surface area contributed by atoms with Gasteiger partial charge in [0.1, 0.15) is 11.6 Å². The van der Waals surface area contributed by atoms with Gasteiger partial charge in [0.2, 0.25) is 0 Å². The lowest BCUT2D eigenvalue weighted by Gasteiger charge is -2.23. The van der Waals surface area contributed by atoms with E-state index in [0.717, 1.165) is 31.0 Å². The molecule has 100 valence electrons. The van der Waals surface area contributed by atoms with E-state index < -0.39 is 17.5 Å². The summed E-state index contributed by atoms with van der Waals surface area (Å²) in [5, 5.41) is 0. The van der Waals surface area contributed by atoms with Crippen LogP contribution in [0.2, 0.25) is 0 Å². The molecule has 0 aromatic heterocycles. The zero-order chi connectivity index (χ0) is 12.4. The molecule has 0 spiro atoms. The van der Waals surface area contributed by atoms with E-state index in [-0.39, 0.29) is 24.0 Å². The van der Waals surface area contributed by atoms with Gasteiger partial charge in [0.05, 0.1) is 5.56 Å². The van der Waals surface area contributed by atoms with Gasteiger partial charge in [-0.15, -0.1) is 12.4 Å². The number of nitrogens with two attached hydrogens (primary N) is 1. The van der Waals surface area contributed by atoms with Gasteiger partial charge in [0.25, 0.3) is 5.91 Å². The van der Waals surface area contributed by atoms with Gasteiger partial charge < -0.3 is 10.6 Å². The van der Waals surface area contributed by atoms with Crippen molar-refractivity contribution in [2.75, 3.05) is 13.1 Å². The van der Waals surface area contributed by atoms with Crippen molar-refractivity contribution in [1.29, 1.82) is 0 Å². The Balaban J connectivity index is 0.00000162. The Morgan fingerprint density at radius 2 is 2.17 bits per heavy atom. The molecule has 1 aromatic carbocycles. The first-order valence-electron chi connectivity index (χ1n) is 5.59. The van der Waals surface area contributed by atoms with Gasteiger partial charge in [-0.1, -0.05) is 0 Å². The van der Waals surface area contributed by atoms with Crippen LogP contribution in [0.5, 0.6) is 0 Å². The number of amides is 1. The fourth-order valence-corrected chi connectivity index (χ4v) is 2.16. The summed E-state index contributed by atoms with van der Waals surface area (Å²) in [6, 6.07) is 2.83. The minimum Gasteiger partial charge on any atom is -0.334 e. The third kappa shape index (κ3) is 2.79. The van der Waals surface area contributed by atoms with Crippen molar-refractivity contribution >= 4 is 18.3 Å². The van der Waals surface area contributed by atoms with Crippen LogP contribution in [0.4, 0.5) is 8.78 Å². The van der Waals surface area contributed by atoms with Crippen molar-refractivity contribution in [1.82, 2.24) is 4.90 Å². The van der Waals surface area contributed by atoms with Crippen LogP contribution in [0.25, 0.3) is 0 Å². The van der Waals surface area contributed by atoms with Gasteiger partial charge in [-0.25, -0.2) is 8.78 Å². The van der Waals surface area contributed by atoms with E-state index >= 15 is 0 Å². The molecule has 1 fully saturated rings. The first-order chi connectivity index (χ1) is 8.13. The molecule has 1 atom stereocenters. The average Bonchev–Trinajstić information content (AvgIpc) is 2.79. The number of likely N-dealkylation sites (tertiary alicyclic amines) is 1. The van der Waals surface area contributed by atoms with Crippen LogP contribution >= 0.6 is 12.4 Å². The smallest absolute Gasteiger partial charge is 0.257 e. The third-order valence-electron chi connectivity index (χ3n) is 3.07. The largest absolute Gasteiger partial charge is 0.334 e. The van der Waals surface area contributed by atoms with Gasteiger partial charge in [0, 0.05) is 19.1 Å². The molecule has 1 heterocycles. The molecule has 1 aliphatic heterocycles. The fraction of sp³-hybridized carbons (Fsp3) is 0.417. The molecule has 2 rings (SSSR count). The van der Waals surface area contributed by atoms with E-state index in [9.17, 15) is 13.6 Å². The summed E-state index contributed by atoms with van der Waals surface area (Å²) in [4.78, 5) is 13.6. The standard InChI is InChI=1S/C12H14F2N2O.ClH/c13-8-3-4-11(14)10(6-8)12(17)16-5-1-2-9(16)7-15;/h3-4,6,9H,1-2,5,7,15H2;1H. The maximum absolute atomic E-state index is 13.5. The van der Waals surface area contributed by atoms with E-state index in [1.165, 1.54) is 4.90 Å². The number of nitrogens with zero attached hydrogens (tertiary/aromatic N) is 1. The highest BCUT2D eigenvalue weighted by atomic mass is 35.5. The number of carbonyl (C=O) groups excluding carboxylic acids is 1. The predicted molar refractivity (Wildman–Crippen MR) is 66.7 cm³/mol. The molecule has 1 aliphatic rings. The van der Waals surface area contributed by atoms with Crippen LogP contribution in [0.1, 0.15) is 23.2 Å². The van der Waals surface area contributed by atoms with Crippen LogP contribution in [0.15, 0.2) is 18.2 Å². The Labute approximate surface area is 110 Å². The summed E-state index contributed by atoms with van der Waals surface area (Å²) in [5.74, 6) is -1.78. The van der Waals surface area contributed by atoms with Crippen LogP contribution in [-0.2, 0) is 0 Å². The topological polar surface area (TPSA) is 46.3 Å². The number of halogens is 3. The van der Waals surface area contributed by atoms with E-state index in [0.29, 0.717) is 13.1 Å². The number of carbonyl (C=O) groups is 1. The van der Waals surface area contributed by atoms with Gasteiger partial charge in [-0.3, -0.25) is 4.79 Å². The molecule has 3 nitrogen and oxygen atoms in total. The Morgan fingerprint density at radius 1 is 1.44 bits per heavy atom. The maximum Gasteiger partial charge on any atom is 0.257 e. The Kier molecular flexibility index (Phi) is 5.04. The van der Waals surface area contributed by atoms with Crippen molar-refractivity contribution in [2.24, 2.45) is 5.73 Å². The Morgan fingerprint density at radius 3 is 2.83 bits per heavy atom. The van der Waals surface area contributed by atoms with Gasteiger partial charge in [-0.05, 0) is 31.0 Å². The predicted octanol–water partition coefficient (Wildman–Crippen LogP) is 1.95. The summed E-state index contributed by atoms with van der Waals surface area (Å²) in [6.45, 7) is 0.902. The zero-order valence-corrected chi connectivity index (χ0v) is 10.6. The van der Waals surface area contributed by atoms with Crippen molar-refractivity contribution in [2.45, 2.75) is 18.9 Å². The van der Waals surface area contributed by atoms with Crippen molar-refractivity contribution in [3.63, 3.8) is 0 Å². The first-order valence-corrected chi connectivity index (χ1v) is 5.59. The highest BCUT2D eigenvalue weighted by Crippen LogP contribution is 2.21. The van der Waals surface area contributed by atoms with Crippen LogP contribution in [-0.4, -0.2) is 29.9 Å². The number of benzene rings is 1. The second-order valence-electron chi connectivity index (χ2n) is 4.15. The molecule has 0 aliphatic carbocycles. The Hall–Kier alpha value is -1.20. The molecule has 1 aromatic rings. The summed E-state index contributed by atoms with van der Waals surface area (Å²) >= 11 is 0. The first kappa shape index (κ1) is 14.9. The van der Waals surface area contributed by atoms with Gasteiger partial charge in [0.15, 0.2) is 0 Å². The fourth-order valence-electron chi connectivity index (χ4n) is 2.16. The molecule has 6 heteroatoms. The van der Waals surface area contributed by atoms with Crippen molar-refractivity contribution < 1.29 is 13.6 Å². The quantitative estimate of drug-likeness (QED) is 0.897. The minimum atomic E-state index is -0.695. The Bertz CT molecular complexity index is 442. The van der Waals surface area contributed by atoms with Gasteiger partial charge >= 0.3 is 0 Å². The van der Waals surface area contributed by atoms with Crippen molar-refractivity contribution in [3.05, 3.63) is 35.4 Å². The lowest BCUT2D eigenvalue weighted by Crippen LogP contribution is -2.40. The summed E-state index contributed by atoms with van der Waals surface area (Å²) < 4.78 is 26.5. The van der Waals surface area contributed by atoms with Gasteiger partial charge in [-0.2, -0.15) is 0 Å². The van der Waals surface area contributed by atoms with E-state index in [4.69, 9.17) is 5.73 Å². The lowest BCUT2D eigenvalue weighted by atomic mass is 10.1. The van der Waals surface area contributed by atoms with Crippen molar-refractivity contribution in [3.8, 4) is 0 Å². The highest BCUT2D eigenvalue weighted by Gasteiger charge is 2.29.